The zero-order valence-corrected chi connectivity index (χ0v) is 9.87. The van der Waals surface area contributed by atoms with Gasteiger partial charge in [0.05, 0.1) is 5.69 Å². The van der Waals surface area contributed by atoms with Gasteiger partial charge in [-0.25, -0.2) is 0 Å². The van der Waals surface area contributed by atoms with Gasteiger partial charge >= 0.3 is 0 Å². The van der Waals surface area contributed by atoms with E-state index in [1.54, 1.807) is 0 Å². The maximum atomic E-state index is 5.64. The van der Waals surface area contributed by atoms with Crippen LogP contribution in [0.5, 0.6) is 0 Å². The second-order valence-electron chi connectivity index (χ2n) is 4.48. The molecule has 0 aromatic carbocycles. The third-order valence-electron chi connectivity index (χ3n) is 3.04. The van der Waals surface area contributed by atoms with Crippen LogP contribution in [0.25, 0.3) is 0 Å². The summed E-state index contributed by atoms with van der Waals surface area (Å²) >= 11 is 0. The van der Waals surface area contributed by atoms with Gasteiger partial charge in [-0.1, -0.05) is 18.0 Å². The Kier molecular flexibility index (Phi) is 4.36. The van der Waals surface area contributed by atoms with Gasteiger partial charge in [-0.15, -0.1) is 0 Å². The first kappa shape index (κ1) is 11.6. The van der Waals surface area contributed by atoms with E-state index >= 15 is 0 Å². The molecule has 16 heavy (non-hydrogen) atoms. The van der Waals surface area contributed by atoms with Gasteiger partial charge in [0.1, 0.15) is 6.61 Å². The number of nitrogens with one attached hydrogen (secondary N) is 1. The first-order chi connectivity index (χ1) is 7.88. The molecule has 1 aliphatic rings. The molecule has 0 bridgehead atoms. The Labute approximate surface area is 96.3 Å². The predicted octanol–water partition coefficient (Wildman–Crippen LogP) is 2.10. The topological polar surface area (TPSA) is 47.3 Å². The minimum Gasteiger partial charge on any atom is -0.373 e. The summed E-state index contributed by atoms with van der Waals surface area (Å²) in [5.74, 6) is 1.59. The molecular formula is C12H20N2O2. The Morgan fingerprint density at radius 1 is 1.50 bits per heavy atom. The number of rotatable bonds is 6. The van der Waals surface area contributed by atoms with Crippen LogP contribution in [-0.4, -0.2) is 18.8 Å². The number of nitrogens with zero attached hydrogens (tertiary/aromatic N) is 1. The van der Waals surface area contributed by atoms with Crippen LogP contribution in [0.4, 0.5) is 0 Å². The largest absolute Gasteiger partial charge is 0.373 e. The maximum Gasteiger partial charge on any atom is 0.162 e. The standard InChI is InChI=1S/C12H20N2O2/c1-13-7-11-6-12(16-14-11)9-15-8-10-4-2-3-5-10/h6,10,13H,2-5,7-9H2,1H3. The molecule has 1 aromatic rings. The van der Waals surface area contributed by atoms with Crippen molar-refractivity contribution >= 4 is 0 Å². The number of hydrogen-bond donors (Lipinski definition) is 1. The second kappa shape index (κ2) is 6.01. The van der Waals surface area contributed by atoms with Crippen LogP contribution in [0.1, 0.15) is 37.1 Å². The summed E-state index contributed by atoms with van der Waals surface area (Å²) in [5, 5.41) is 6.97. The zero-order chi connectivity index (χ0) is 11.2. The lowest BCUT2D eigenvalue weighted by molar-refractivity contribution is 0.0734. The van der Waals surface area contributed by atoms with Crippen molar-refractivity contribution in [2.24, 2.45) is 5.92 Å². The van der Waals surface area contributed by atoms with E-state index in [1.807, 2.05) is 13.1 Å². The summed E-state index contributed by atoms with van der Waals surface area (Å²) in [5.41, 5.74) is 0.932. The van der Waals surface area contributed by atoms with Crippen molar-refractivity contribution < 1.29 is 9.26 Å². The van der Waals surface area contributed by atoms with Crippen molar-refractivity contribution in [1.29, 1.82) is 0 Å². The highest BCUT2D eigenvalue weighted by Gasteiger charge is 2.15. The highest BCUT2D eigenvalue weighted by molar-refractivity contribution is 5.03. The molecule has 0 spiro atoms. The second-order valence-corrected chi connectivity index (χ2v) is 4.48. The lowest BCUT2D eigenvalue weighted by Gasteiger charge is -2.07. The predicted molar refractivity (Wildman–Crippen MR) is 60.9 cm³/mol. The Balaban J connectivity index is 1.67. The van der Waals surface area contributed by atoms with E-state index in [-0.39, 0.29) is 0 Å². The quantitative estimate of drug-likeness (QED) is 0.804. The summed E-state index contributed by atoms with van der Waals surface area (Å²) in [7, 11) is 1.89. The molecule has 0 amide bonds. The van der Waals surface area contributed by atoms with Gasteiger partial charge in [0.2, 0.25) is 0 Å². The van der Waals surface area contributed by atoms with Gasteiger partial charge in [0, 0.05) is 19.2 Å². The Morgan fingerprint density at radius 2 is 2.31 bits per heavy atom. The van der Waals surface area contributed by atoms with E-state index in [0.717, 1.165) is 30.5 Å². The fraction of sp³-hybridized carbons (Fsp3) is 0.750. The SMILES string of the molecule is CNCc1cc(COCC2CCCC2)on1. The van der Waals surface area contributed by atoms with Gasteiger partial charge in [0.25, 0.3) is 0 Å². The van der Waals surface area contributed by atoms with Gasteiger partial charge in [-0.2, -0.15) is 0 Å². The highest BCUT2D eigenvalue weighted by Crippen LogP contribution is 2.24. The fourth-order valence-corrected chi connectivity index (χ4v) is 2.19. The average Bonchev–Trinajstić information content (AvgIpc) is 2.90. The zero-order valence-electron chi connectivity index (χ0n) is 9.87. The third-order valence-corrected chi connectivity index (χ3v) is 3.04. The van der Waals surface area contributed by atoms with Gasteiger partial charge in [-0.05, 0) is 25.8 Å². The van der Waals surface area contributed by atoms with Crippen molar-refractivity contribution in [3.63, 3.8) is 0 Å². The molecular weight excluding hydrogens is 204 g/mol. The summed E-state index contributed by atoms with van der Waals surface area (Å²) in [4.78, 5) is 0. The molecule has 2 rings (SSSR count). The normalized spacial score (nSPS) is 17.1. The van der Waals surface area contributed by atoms with Crippen LogP contribution >= 0.6 is 0 Å². The van der Waals surface area contributed by atoms with E-state index in [0.29, 0.717) is 6.61 Å². The van der Waals surface area contributed by atoms with Crippen molar-refractivity contribution in [2.75, 3.05) is 13.7 Å². The molecule has 0 unspecified atom stereocenters. The monoisotopic (exact) mass is 224 g/mol. The van der Waals surface area contributed by atoms with Crippen molar-refractivity contribution in [3.8, 4) is 0 Å². The van der Waals surface area contributed by atoms with E-state index in [1.165, 1.54) is 25.7 Å². The van der Waals surface area contributed by atoms with E-state index in [4.69, 9.17) is 9.26 Å². The molecule has 90 valence electrons. The van der Waals surface area contributed by atoms with E-state index in [2.05, 4.69) is 10.5 Å². The van der Waals surface area contributed by atoms with Gasteiger partial charge < -0.3 is 14.6 Å². The maximum absolute atomic E-state index is 5.64. The van der Waals surface area contributed by atoms with Crippen molar-refractivity contribution in [2.45, 2.75) is 38.8 Å². The molecule has 4 heteroatoms. The van der Waals surface area contributed by atoms with Crippen LogP contribution in [0.3, 0.4) is 0 Å². The lowest BCUT2D eigenvalue weighted by Crippen LogP contribution is -2.05. The third kappa shape index (κ3) is 3.32. The first-order valence-corrected chi connectivity index (χ1v) is 6.05. The van der Waals surface area contributed by atoms with E-state index in [9.17, 15) is 0 Å². The molecule has 0 saturated heterocycles. The molecule has 4 nitrogen and oxygen atoms in total. The first-order valence-electron chi connectivity index (χ1n) is 6.05. The fourth-order valence-electron chi connectivity index (χ4n) is 2.19. The Hall–Kier alpha value is -0.870. The summed E-state index contributed by atoms with van der Waals surface area (Å²) in [6, 6.07) is 1.95. The smallest absolute Gasteiger partial charge is 0.162 e. The minimum atomic E-state index is 0.549. The van der Waals surface area contributed by atoms with Crippen molar-refractivity contribution in [3.05, 3.63) is 17.5 Å². The molecule has 0 aliphatic heterocycles. The molecule has 1 N–H and O–H groups in total. The van der Waals surface area contributed by atoms with Gasteiger partial charge in [-0.3, -0.25) is 0 Å². The number of aromatic nitrogens is 1. The summed E-state index contributed by atoms with van der Waals surface area (Å²) < 4.78 is 10.8. The van der Waals surface area contributed by atoms with Crippen LogP contribution in [0.15, 0.2) is 10.6 Å². The molecule has 1 aliphatic carbocycles. The van der Waals surface area contributed by atoms with Gasteiger partial charge in [0.15, 0.2) is 5.76 Å². The van der Waals surface area contributed by atoms with Crippen molar-refractivity contribution in [1.82, 2.24) is 10.5 Å². The van der Waals surface area contributed by atoms with Crippen LogP contribution in [-0.2, 0) is 17.9 Å². The molecule has 1 fully saturated rings. The Bertz CT molecular complexity index is 306. The molecule has 0 atom stereocenters. The van der Waals surface area contributed by atoms with Crippen LogP contribution < -0.4 is 5.32 Å². The number of ether oxygens (including phenoxy) is 1. The summed E-state index contributed by atoms with van der Waals surface area (Å²) in [6.45, 7) is 2.15. The van der Waals surface area contributed by atoms with Crippen LogP contribution in [0, 0.1) is 5.92 Å². The molecule has 1 heterocycles. The lowest BCUT2D eigenvalue weighted by atomic mass is 10.1. The van der Waals surface area contributed by atoms with E-state index < -0.39 is 0 Å². The molecule has 1 aromatic heterocycles. The molecule has 1 saturated carbocycles. The average molecular weight is 224 g/mol. The number of hydrogen-bond acceptors (Lipinski definition) is 4. The highest BCUT2D eigenvalue weighted by atomic mass is 16.5. The minimum absolute atomic E-state index is 0.549. The molecule has 0 radical (unpaired) electrons. The van der Waals surface area contributed by atoms with Crippen LogP contribution in [0.2, 0.25) is 0 Å². The summed E-state index contributed by atoms with van der Waals surface area (Å²) in [6.07, 6.45) is 5.37. The Morgan fingerprint density at radius 3 is 3.06 bits per heavy atom.